The van der Waals surface area contributed by atoms with Crippen molar-refractivity contribution in [3.8, 4) is 0 Å². The second-order valence-corrected chi connectivity index (χ2v) is 8.49. The van der Waals surface area contributed by atoms with Crippen LogP contribution in [0.1, 0.15) is 19.1 Å². The van der Waals surface area contributed by atoms with E-state index < -0.39 is 8.16 Å². The summed E-state index contributed by atoms with van der Waals surface area (Å²) < 4.78 is 57.5. The number of aromatic amines is 1. The topological polar surface area (TPSA) is 59.4 Å². The van der Waals surface area contributed by atoms with E-state index in [2.05, 4.69) is 15.0 Å². The molecule has 0 saturated carbocycles. The molecule has 0 bridgehead atoms. The van der Waals surface area contributed by atoms with Gasteiger partial charge in [-0.15, -0.1) is 4.68 Å². The number of hydrogen-bond donors (Lipinski definition) is 1. The van der Waals surface area contributed by atoms with Crippen LogP contribution in [0.3, 0.4) is 0 Å². The number of H-pyrrole nitrogens is 1. The van der Waals surface area contributed by atoms with E-state index in [0.29, 0.717) is 10.5 Å². The molecule has 2 aliphatic heterocycles. The summed E-state index contributed by atoms with van der Waals surface area (Å²) in [6.07, 6.45) is 2.41. The molecule has 172 valence electrons. The molecule has 2 aliphatic rings. The number of halogens is 7. The van der Waals surface area contributed by atoms with Crippen LogP contribution in [0.5, 0.6) is 0 Å². The number of morpholine rings is 1. The van der Waals surface area contributed by atoms with Crippen LogP contribution in [-0.4, -0.2) is 59.1 Å². The average Bonchev–Trinajstić information content (AvgIpc) is 3.24. The maximum atomic E-state index is 12.3. The van der Waals surface area contributed by atoms with E-state index in [1.54, 1.807) is 6.07 Å². The maximum absolute atomic E-state index is 12.3. The van der Waals surface area contributed by atoms with Gasteiger partial charge in [-0.05, 0) is 29.9 Å². The fourth-order valence-electron chi connectivity index (χ4n) is 3.58. The molecule has 1 aromatic heterocycles. The molecule has 1 aromatic carbocycles. The van der Waals surface area contributed by atoms with E-state index in [9.17, 15) is 25.9 Å². The van der Waals surface area contributed by atoms with Crippen molar-refractivity contribution in [1.29, 1.82) is 0 Å². The van der Waals surface area contributed by atoms with Crippen LogP contribution in [0.25, 0.3) is 11.0 Å². The van der Waals surface area contributed by atoms with Gasteiger partial charge in [0.25, 0.3) is 5.52 Å². The first-order valence-corrected chi connectivity index (χ1v) is 11.0. The summed E-state index contributed by atoms with van der Waals surface area (Å²) >= 11 is 6.04. The van der Waals surface area contributed by atoms with Gasteiger partial charge in [0, 0.05) is 37.3 Å². The average molecular weight is 484 g/mol. The summed E-state index contributed by atoms with van der Waals surface area (Å²) in [6, 6.07) is 5.44. The largest absolute Gasteiger partial charge is 1.00 e. The van der Waals surface area contributed by atoms with Gasteiger partial charge < -0.3 is 9.44 Å². The van der Waals surface area contributed by atoms with Crippen molar-refractivity contribution in [2.24, 2.45) is 0 Å². The number of rotatable bonds is 3. The number of hydrogen-bond acceptors (Lipinski definition) is 4. The van der Waals surface area contributed by atoms with Crippen molar-refractivity contribution in [3.63, 3.8) is 0 Å². The third-order valence-corrected chi connectivity index (χ3v) is 4.92. The van der Waals surface area contributed by atoms with E-state index in [4.69, 9.17) is 16.3 Å². The molecule has 2 fully saturated rings. The maximum Gasteiger partial charge on any atom is 0.250 e. The van der Waals surface area contributed by atoms with Crippen LogP contribution in [-0.2, 0) is 4.74 Å². The molecule has 4 rings (SSSR count). The fraction of sp³-hybridized carbons (Fsp3) is 0.600. The first-order chi connectivity index (χ1) is 13.5. The number of aromatic nitrogens is 3. The first-order valence-electron chi connectivity index (χ1n) is 8.97. The molecule has 30 heavy (non-hydrogen) atoms. The van der Waals surface area contributed by atoms with Crippen molar-refractivity contribution in [1.82, 2.24) is 19.7 Å². The Balaban J connectivity index is 0.000000405. The second-order valence-electron chi connectivity index (χ2n) is 6.77. The third kappa shape index (κ3) is 6.81. The van der Waals surface area contributed by atoms with Gasteiger partial charge in [0.2, 0.25) is 11.8 Å². The van der Waals surface area contributed by atoms with Gasteiger partial charge in [0.05, 0.1) is 17.8 Å². The quantitative estimate of drug-likeness (QED) is 0.407. The van der Waals surface area contributed by atoms with Gasteiger partial charge in [-0.1, -0.05) is 16.8 Å². The molecule has 15 heteroatoms. The molecule has 7 nitrogen and oxygen atoms in total. The Labute approximate surface area is 172 Å². The summed E-state index contributed by atoms with van der Waals surface area (Å²) in [5.41, 5.74) is 1.43. The number of nitrogens with zero attached hydrogens (tertiary/aromatic N) is 4. The Morgan fingerprint density at radius 2 is 1.57 bits per heavy atom. The van der Waals surface area contributed by atoms with Gasteiger partial charge in [-0.3, -0.25) is 0 Å². The number of ether oxygens (including phenoxy) is 1. The van der Waals surface area contributed by atoms with Crippen LogP contribution in [0, 0.1) is 4.91 Å². The van der Waals surface area contributed by atoms with E-state index in [1.807, 2.05) is 16.8 Å². The molecule has 0 radical (unpaired) electrons. The molecule has 2 saturated heterocycles. The van der Waals surface area contributed by atoms with E-state index >= 15 is 0 Å². The van der Waals surface area contributed by atoms with Crippen molar-refractivity contribution < 1.29 is 35.0 Å². The van der Waals surface area contributed by atoms with Gasteiger partial charge in [0.15, 0.2) is 0 Å². The smallest absolute Gasteiger partial charge is 0.250 e. The second kappa shape index (κ2) is 9.39. The zero-order valence-corrected chi connectivity index (χ0v) is 17.3. The van der Waals surface area contributed by atoms with Gasteiger partial charge in [-0.25, -0.2) is 9.80 Å². The zero-order chi connectivity index (χ0) is 21.3. The molecule has 2 aromatic rings. The molecule has 1 unspecified atom stereocenters. The minimum atomic E-state index is -8.55. The Bertz CT molecular complexity index is 891. The predicted molar refractivity (Wildman–Crippen MR) is 99.4 cm³/mol. The van der Waals surface area contributed by atoms with Crippen LogP contribution in [0.4, 0.5) is 21.0 Å². The van der Waals surface area contributed by atoms with Crippen molar-refractivity contribution in [2.45, 2.75) is 19.1 Å². The summed E-state index contributed by atoms with van der Waals surface area (Å²) in [4.78, 5) is 17.1. The Morgan fingerprint density at radius 3 is 2.13 bits per heavy atom. The standard InChI is InChI=1S/C15H21ClN5O2.F5P.FH/c16-12-3-4-13-14(11-12)21(22)17-20(13)15(18-5-1-2-6-18)19-7-9-23-10-8-19;1-6(2,3,4)5;/h3-4,11,15H,1-2,5-10H2,(H,17,22);;1H/q+1;;/p-1. The van der Waals surface area contributed by atoms with Crippen molar-refractivity contribution in [3.05, 3.63) is 28.1 Å². The van der Waals surface area contributed by atoms with Crippen molar-refractivity contribution >= 4 is 30.8 Å². The van der Waals surface area contributed by atoms with E-state index in [-0.39, 0.29) is 11.0 Å². The molecule has 0 spiro atoms. The Morgan fingerprint density at radius 1 is 1.03 bits per heavy atom. The van der Waals surface area contributed by atoms with Gasteiger partial charge >= 0.3 is 29.1 Å². The van der Waals surface area contributed by atoms with E-state index in [1.165, 1.54) is 12.8 Å². The fourth-order valence-corrected chi connectivity index (χ4v) is 3.75. The Kier molecular flexibility index (Phi) is 7.78. The monoisotopic (exact) mass is 483 g/mol. The summed E-state index contributed by atoms with van der Waals surface area (Å²) in [5.74, 6) is 0. The first kappa shape index (κ1) is 24.9. The molecule has 1 atom stereocenters. The van der Waals surface area contributed by atoms with Gasteiger partial charge in [0.1, 0.15) is 0 Å². The van der Waals surface area contributed by atoms with E-state index in [0.717, 1.165) is 49.5 Å². The summed E-state index contributed by atoms with van der Waals surface area (Å²) in [7, 11) is -8.55. The van der Waals surface area contributed by atoms with Crippen LogP contribution < -0.4 is 9.25 Å². The number of likely N-dealkylation sites (tertiary alicyclic amines) is 1. The van der Waals surface area contributed by atoms with Crippen LogP contribution in [0.15, 0.2) is 18.2 Å². The molecule has 1 N–H and O–H groups in total. The number of benzene rings is 1. The minimum Gasteiger partial charge on any atom is -1.00 e. The molecule has 0 amide bonds. The third-order valence-electron chi connectivity index (χ3n) is 4.68. The van der Waals surface area contributed by atoms with Gasteiger partial charge in [-0.2, -0.15) is 0 Å². The summed E-state index contributed by atoms with van der Waals surface area (Å²) in [6.45, 7) is 5.27. The predicted octanol–water partition coefficient (Wildman–Crippen LogP) is 1.39. The summed E-state index contributed by atoms with van der Waals surface area (Å²) in [5, 5.41) is 3.52. The molecule has 3 heterocycles. The van der Waals surface area contributed by atoms with Crippen molar-refractivity contribution in [2.75, 3.05) is 39.4 Å². The molecular weight excluding hydrogens is 463 g/mol. The molecule has 0 aliphatic carbocycles. The number of fused-ring (bicyclic) bond motifs is 1. The number of nitrogens with one attached hydrogen (secondary N) is 1. The minimum absolute atomic E-state index is 0. The van der Waals surface area contributed by atoms with Crippen LogP contribution in [0.2, 0.25) is 5.02 Å². The Hall–Kier alpha value is -1.40. The SMILES string of the molecule is FP(F)(F)(F)F.O=[n+]1[nH]n(C(N2CCCC2)N2CCOCC2)c2ccc(Cl)cc21.[F-]. The zero-order valence-electron chi connectivity index (χ0n) is 15.7. The normalized spacial score (nSPS) is 20.7. The molecular formula is C15H21ClF6N5O2P. The van der Waals surface area contributed by atoms with Crippen LogP contribution >= 0.6 is 19.8 Å².